The highest BCUT2D eigenvalue weighted by atomic mass is 16.1. The molecule has 1 amide bonds. The van der Waals surface area contributed by atoms with E-state index in [9.17, 15) is 4.79 Å². The zero-order valence-corrected chi connectivity index (χ0v) is 9.23. The van der Waals surface area contributed by atoms with Crippen LogP contribution in [0.2, 0.25) is 0 Å². The van der Waals surface area contributed by atoms with Crippen LogP contribution in [0.3, 0.4) is 0 Å². The Hall–Kier alpha value is -0.530. The number of carbonyl (C=O) groups is 1. The predicted octanol–water partition coefficient (Wildman–Crippen LogP) is 2.73. The normalized spacial score (nSPS) is 17.2. The fourth-order valence-electron chi connectivity index (χ4n) is 1.68. The summed E-state index contributed by atoms with van der Waals surface area (Å²) in [4.78, 5) is 10.6. The van der Waals surface area contributed by atoms with Crippen molar-refractivity contribution in [3.8, 4) is 0 Å². The van der Waals surface area contributed by atoms with E-state index in [0.717, 1.165) is 12.5 Å². The van der Waals surface area contributed by atoms with Crippen LogP contribution in [0, 0.1) is 5.92 Å². The topological polar surface area (TPSA) is 29.1 Å². The first-order valence-electron chi connectivity index (χ1n) is 5.53. The summed E-state index contributed by atoms with van der Waals surface area (Å²) >= 11 is 0. The monoisotopic (exact) mass is 185 g/mol. The Kier molecular flexibility index (Phi) is 7.76. The second kappa shape index (κ2) is 8.09. The number of nitrogens with one attached hydrogen (secondary N) is 1. The maximum absolute atomic E-state index is 10.6. The lowest BCUT2D eigenvalue weighted by Gasteiger charge is -2.21. The zero-order chi connectivity index (χ0) is 10.1. The van der Waals surface area contributed by atoms with Gasteiger partial charge in [-0.2, -0.15) is 0 Å². The summed E-state index contributed by atoms with van der Waals surface area (Å²) < 4.78 is 0. The van der Waals surface area contributed by atoms with Crippen molar-refractivity contribution in [2.45, 2.75) is 52.9 Å². The van der Waals surface area contributed by atoms with E-state index >= 15 is 0 Å². The van der Waals surface area contributed by atoms with E-state index in [0.29, 0.717) is 0 Å². The van der Waals surface area contributed by atoms with Crippen LogP contribution >= 0.6 is 0 Å². The molecule has 78 valence electrons. The second-order valence-corrected chi connectivity index (χ2v) is 3.44. The highest BCUT2D eigenvalue weighted by Crippen LogP contribution is 2.22. The molecular weight excluding hydrogens is 162 g/mol. The number of carbonyl (C=O) groups excluding carboxylic acids is 1. The standard InChI is InChI=1S/C9H17NO.C2H6/c1-8(11)10-7-9-5-3-2-4-6-9;1-2/h9H,2-7H2,1H3,(H,10,11);1-2H3. The molecule has 0 atom stereocenters. The summed E-state index contributed by atoms with van der Waals surface area (Å²) in [5, 5.41) is 2.88. The van der Waals surface area contributed by atoms with Crippen molar-refractivity contribution in [2.75, 3.05) is 6.54 Å². The molecule has 1 N–H and O–H groups in total. The molecule has 0 heterocycles. The van der Waals surface area contributed by atoms with Gasteiger partial charge in [-0.15, -0.1) is 0 Å². The van der Waals surface area contributed by atoms with Crippen LogP contribution in [0.15, 0.2) is 0 Å². The minimum atomic E-state index is 0.107. The summed E-state index contributed by atoms with van der Waals surface area (Å²) in [5.74, 6) is 0.864. The van der Waals surface area contributed by atoms with Gasteiger partial charge in [0.2, 0.25) is 5.91 Å². The third-order valence-corrected chi connectivity index (χ3v) is 2.36. The third kappa shape index (κ3) is 6.62. The summed E-state index contributed by atoms with van der Waals surface area (Å²) in [5.41, 5.74) is 0. The molecule has 1 saturated carbocycles. The Morgan fingerprint density at radius 1 is 1.23 bits per heavy atom. The van der Waals surface area contributed by atoms with Crippen LogP contribution in [0.25, 0.3) is 0 Å². The zero-order valence-electron chi connectivity index (χ0n) is 9.23. The Bertz CT molecular complexity index is 128. The van der Waals surface area contributed by atoms with Gasteiger partial charge in [0, 0.05) is 13.5 Å². The van der Waals surface area contributed by atoms with Crippen molar-refractivity contribution in [1.29, 1.82) is 0 Å². The molecule has 0 bridgehead atoms. The molecule has 1 aliphatic rings. The van der Waals surface area contributed by atoms with Gasteiger partial charge in [-0.05, 0) is 18.8 Å². The fourth-order valence-corrected chi connectivity index (χ4v) is 1.68. The molecule has 2 nitrogen and oxygen atoms in total. The predicted molar refractivity (Wildman–Crippen MR) is 56.6 cm³/mol. The van der Waals surface area contributed by atoms with Crippen molar-refractivity contribution in [1.82, 2.24) is 5.32 Å². The summed E-state index contributed by atoms with van der Waals surface area (Å²) in [6.45, 7) is 6.48. The second-order valence-electron chi connectivity index (χ2n) is 3.44. The third-order valence-electron chi connectivity index (χ3n) is 2.36. The highest BCUT2D eigenvalue weighted by Gasteiger charge is 2.12. The van der Waals surface area contributed by atoms with Crippen molar-refractivity contribution in [2.24, 2.45) is 5.92 Å². The average Bonchev–Trinajstić information content (AvgIpc) is 2.19. The summed E-state index contributed by atoms with van der Waals surface area (Å²) in [6.07, 6.45) is 6.70. The quantitative estimate of drug-likeness (QED) is 0.704. The first kappa shape index (κ1) is 12.5. The molecular formula is C11H23NO. The molecule has 0 aromatic heterocycles. The van der Waals surface area contributed by atoms with Crippen LogP contribution in [-0.2, 0) is 4.79 Å². The van der Waals surface area contributed by atoms with Gasteiger partial charge in [0.05, 0.1) is 0 Å². The maximum atomic E-state index is 10.6. The number of hydrogen-bond acceptors (Lipinski definition) is 1. The SMILES string of the molecule is CC.CC(=O)NCC1CCCCC1. The average molecular weight is 185 g/mol. The molecule has 1 rings (SSSR count). The van der Waals surface area contributed by atoms with E-state index in [1.165, 1.54) is 32.1 Å². The lowest BCUT2D eigenvalue weighted by Crippen LogP contribution is -2.28. The molecule has 0 aliphatic heterocycles. The van der Waals surface area contributed by atoms with Crippen molar-refractivity contribution >= 4 is 5.91 Å². The fraction of sp³-hybridized carbons (Fsp3) is 0.909. The van der Waals surface area contributed by atoms with Gasteiger partial charge in [-0.1, -0.05) is 33.1 Å². The minimum absolute atomic E-state index is 0.107. The van der Waals surface area contributed by atoms with Gasteiger partial charge >= 0.3 is 0 Å². The van der Waals surface area contributed by atoms with Crippen LogP contribution in [0.1, 0.15) is 52.9 Å². The van der Waals surface area contributed by atoms with E-state index in [1.54, 1.807) is 6.92 Å². The van der Waals surface area contributed by atoms with E-state index in [-0.39, 0.29) is 5.91 Å². The molecule has 0 unspecified atom stereocenters. The van der Waals surface area contributed by atoms with Gasteiger partial charge in [0.15, 0.2) is 0 Å². The molecule has 0 radical (unpaired) electrons. The number of amides is 1. The van der Waals surface area contributed by atoms with Gasteiger partial charge in [-0.3, -0.25) is 4.79 Å². The smallest absolute Gasteiger partial charge is 0.216 e. The van der Waals surface area contributed by atoms with Crippen LogP contribution < -0.4 is 5.32 Å². The molecule has 1 aliphatic carbocycles. The Morgan fingerprint density at radius 3 is 2.23 bits per heavy atom. The summed E-state index contributed by atoms with van der Waals surface area (Å²) in [7, 11) is 0. The Labute approximate surface area is 82.1 Å². The van der Waals surface area contributed by atoms with Crippen LogP contribution in [-0.4, -0.2) is 12.5 Å². The van der Waals surface area contributed by atoms with Crippen LogP contribution in [0.5, 0.6) is 0 Å². The lowest BCUT2D eigenvalue weighted by atomic mass is 9.89. The van der Waals surface area contributed by atoms with Gasteiger partial charge in [0.1, 0.15) is 0 Å². The lowest BCUT2D eigenvalue weighted by molar-refractivity contribution is -0.119. The first-order valence-corrected chi connectivity index (χ1v) is 5.53. The molecule has 2 heteroatoms. The van der Waals surface area contributed by atoms with E-state index in [4.69, 9.17) is 0 Å². The largest absolute Gasteiger partial charge is 0.356 e. The molecule has 0 spiro atoms. The van der Waals surface area contributed by atoms with Crippen molar-refractivity contribution in [3.05, 3.63) is 0 Å². The van der Waals surface area contributed by atoms with E-state index in [2.05, 4.69) is 5.32 Å². The van der Waals surface area contributed by atoms with Gasteiger partial charge < -0.3 is 5.32 Å². The minimum Gasteiger partial charge on any atom is -0.356 e. The van der Waals surface area contributed by atoms with E-state index < -0.39 is 0 Å². The maximum Gasteiger partial charge on any atom is 0.216 e. The molecule has 0 saturated heterocycles. The van der Waals surface area contributed by atoms with Gasteiger partial charge in [0.25, 0.3) is 0 Å². The van der Waals surface area contributed by atoms with Gasteiger partial charge in [-0.25, -0.2) is 0 Å². The van der Waals surface area contributed by atoms with Crippen molar-refractivity contribution < 1.29 is 4.79 Å². The Morgan fingerprint density at radius 2 is 1.77 bits per heavy atom. The highest BCUT2D eigenvalue weighted by molar-refractivity contribution is 5.72. The number of rotatable bonds is 2. The molecule has 0 aromatic carbocycles. The molecule has 1 fully saturated rings. The first-order chi connectivity index (χ1) is 6.29. The number of hydrogen-bond donors (Lipinski definition) is 1. The van der Waals surface area contributed by atoms with E-state index in [1.807, 2.05) is 13.8 Å². The molecule has 0 aromatic rings. The molecule has 13 heavy (non-hydrogen) atoms. The van der Waals surface area contributed by atoms with Crippen molar-refractivity contribution in [3.63, 3.8) is 0 Å². The Balaban J connectivity index is 0.000000671. The summed E-state index contributed by atoms with van der Waals surface area (Å²) in [6, 6.07) is 0. The van der Waals surface area contributed by atoms with Crippen LogP contribution in [0.4, 0.5) is 0 Å².